The van der Waals surface area contributed by atoms with Crippen LogP contribution in [0, 0.1) is 11.7 Å². The van der Waals surface area contributed by atoms with Crippen molar-refractivity contribution in [2.45, 2.75) is 69.5 Å². The Labute approximate surface area is 225 Å². The van der Waals surface area contributed by atoms with Gasteiger partial charge in [-0.25, -0.2) is 13.9 Å². The number of anilines is 3. The summed E-state index contributed by atoms with van der Waals surface area (Å²) in [5.41, 5.74) is 1.58. The molecule has 1 unspecified atom stereocenters. The van der Waals surface area contributed by atoms with Gasteiger partial charge in [-0.05, 0) is 64.0 Å². The molecule has 2 aliphatic carbocycles. The SMILES string of the molecule is O=C(Nc1ccncc1F)c1cnc2c(NC3CC3)cc(NC3CCC(NC(=O)C4CCCNC4)CC3)nn12. The minimum atomic E-state index is -0.617. The standard InChI is InChI=1S/C27H34FN9O2/c28-20-14-30-11-9-21(20)35-27(39)23-15-31-25-22(32-17-3-4-17)12-24(36-37(23)25)33-18-5-7-19(8-6-18)34-26(38)16-2-1-10-29-13-16/h9,11-12,14-19,29,32H,1-8,10,13H2,(H,33,36)(H,34,38)(H,30,35,39). The van der Waals surface area contributed by atoms with E-state index in [1.165, 1.54) is 23.0 Å². The molecule has 1 saturated heterocycles. The Morgan fingerprint density at radius 2 is 1.74 bits per heavy atom. The van der Waals surface area contributed by atoms with Crippen LogP contribution in [-0.2, 0) is 4.79 Å². The van der Waals surface area contributed by atoms with E-state index in [4.69, 9.17) is 5.10 Å². The number of pyridine rings is 1. The zero-order valence-corrected chi connectivity index (χ0v) is 21.8. The Bertz CT molecular complexity index is 1340. The van der Waals surface area contributed by atoms with Gasteiger partial charge in [0.2, 0.25) is 5.91 Å². The summed E-state index contributed by atoms with van der Waals surface area (Å²) in [6.45, 7) is 1.76. The highest BCUT2D eigenvalue weighted by Gasteiger charge is 2.28. The van der Waals surface area contributed by atoms with Gasteiger partial charge in [0.25, 0.3) is 5.91 Å². The van der Waals surface area contributed by atoms with Crippen molar-refractivity contribution in [3.05, 3.63) is 42.2 Å². The number of hydrogen-bond donors (Lipinski definition) is 5. The van der Waals surface area contributed by atoms with E-state index < -0.39 is 11.7 Å². The van der Waals surface area contributed by atoms with Crippen molar-refractivity contribution in [2.75, 3.05) is 29.0 Å². The number of hydrogen-bond acceptors (Lipinski definition) is 8. The third kappa shape index (κ3) is 5.95. The molecule has 6 rings (SSSR count). The highest BCUT2D eigenvalue weighted by Crippen LogP contribution is 2.30. The number of carbonyl (C=O) groups is 2. The van der Waals surface area contributed by atoms with E-state index in [0.717, 1.165) is 76.3 Å². The highest BCUT2D eigenvalue weighted by atomic mass is 19.1. The first-order valence-corrected chi connectivity index (χ1v) is 13.9. The number of rotatable bonds is 8. The Morgan fingerprint density at radius 1 is 0.974 bits per heavy atom. The lowest BCUT2D eigenvalue weighted by Crippen LogP contribution is -2.46. The van der Waals surface area contributed by atoms with E-state index in [9.17, 15) is 14.0 Å². The second-order valence-electron chi connectivity index (χ2n) is 10.8. The van der Waals surface area contributed by atoms with Crippen molar-refractivity contribution in [3.8, 4) is 0 Å². The van der Waals surface area contributed by atoms with Gasteiger partial charge in [-0.1, -0.05) is 0 Å². The van der Waals surface area contributed by atoms with E-state index in [1.807, 2.05) is 6.07 Å². The van der Waals surface area contributed by atoms with Crippen LogP contribution in [0.3, 0.4) is 0 Å². The molecule has 39 heavy (non-hydrogen) atoms. The van der Waals surface area contributed by atoms with Gasteiger partial charge in [0.15, 0.2) is 17.2 Å². The number of imidazole rings is 1. The summed E-state index contributed by atoms with van der Waals surface area (Å²) < 4.78 is 15.6. The normalized spacial score (nSPS) is 23.3. The van der Waals surface area contributed by atoms with Crippen LogP contribution in [0.4, 0.5) is 21.6 Å². The minimum absolute atomic E-state index is 0.0409. The smallest absolute Gasteiger partial charge is 0.276 e. The average Bonchev–Trinajstić information content (AvgIpc) is 3.66. The maximum Gasteiger partial charge on any atom is 0.276 e. The number of carbonyl (C=O) groups excluding carboxylic acids is 2. The number of nitrogens with one attached hydrogen (secondary N) is 5. The first kappa shape index (κ1) is 25.5. The summed E-state index contributed by atoms with van der Waals surface area (Å²) in [5, 5.41) is 20.9. The molecular formula is C27H34FN9O2. The molecule has 1 aliphatic heterocycles. The van der Waals surface area contributed by atoms with Gasteiger partial charge in [0.05, 0.1) is 29.7 Å². The van der Waals surface area contributed by atoms with Crippen LogP contribution in [0.25, 0.3) is 5.65 Å². The predicted octanol–water partition coefficient (Wildman–Crippen LogP) is 2.93. The zero-order chi connectivity index (χ0) is 26.8. The molecule has 2 amide bonds. The fourth-order valence-electron chi connectivity index (χ4n) is 5.40. The summed E-state index contributed by atoms with van der Waals surface area (Å²) in [6, 6.07) is 4.11. The van der Waals surface area contributed by atoms with E-state index in [2.05, 4.69) is 36.6 Å². The molecule has 11 nitrogen and oxygen atoms in total. The highest BCUT2D eigenvalue weighted by molar-refractivity contribution is 6.03. The van der Waals surface area contributed by atoms with Crippen LogP contribution in [0.2, 0.25) is 0 Å². The van der Waals surface area contributed by atoms with Crippen molar-refractivity contribution in [1.29, 1.82) is 0 Å². The molecule has 12 heteroatoms. The number of nitrogens with zero attached hydrogens (tertiary/aromatic N) is 4. The number of aromatic nitrogens is 4. The molecule has 2 saturated carbocycles. The second kappa shape index (κ2) is 11.1. The zero-order valence-electron chi connectivity index (χ0n) is 21.8. The van der Waals surface area contributed by atoms with E-state index in [-0.39, 0.29) is 35.3 Å². The molecule has 0 spiro atoms. The summed E-state index contributed by atoms with van der Waals surface area (Å²) in [4.78, 5) is 33.9. The first-order chi connectivity index (χ1) is 19.0. The van der Waals surface area contributed by atoms with Crippen LogP contribution >= 0.6 is 0 Å². The second-order valence-corrected chi connectivity index (χ2v) is 10.8. The van der Waals surface area contributed by atoms with Crippen LogP contribution in [-0.4, -0.2) is 62.6 Å². The molecule has 206 valence electrons. The fourth-order valence-corrected chi connectivity index (χ4v) is 5.40. The van der Waals surface area contributed by atoms with Gasteiger partial charge in [-0.15, -0.1) is 5.10 Å². The Balaban J connectivity index is 1.14. The van der Waals surface area contributed by atoms with Crippen molar-refractivity contribution in [1.82, 2.24) is 30.2 Å². The molecule has 3 aromatic heterocycles. The molecule has 3 aromatic rings. The number of piperidine rings is 1. The Morgan fingerprint density at radius 3 is 2.49 bits per heavy atom. The number of amides is 2. The molecule has 3 aliphatic rings. The molecular weight excluding hydrogens is 501 g/mol. The topological polar surface area (TPSA) is 137 Å². The average molecular weight is 536 g/mol. The third-order valence-electron chi connectivity index (χ3n) is 7.75. The van der Waals surface area contributed by atoms with Crippen LogP contribution in [0.1, 0.15) is 61.9 Å². The molecule has 0 aromatic carbocycles. The van der Waals surface area contributed by atoms with Gasteiger partial charge in [0.1, 0.15) is 5.82 Å². The number of fused-ring (bicyclic) bond motifs is 1. The van der Waals surface area contributed by atoms with E-state index in [0.29, 0.717) is 17.5 Å². The lowest BCUT2D eigenvalue weighted by atomic mass is 9.90. The summed E-state index contributed by atoms with van der Waals surface area (Å²) in [5.74, 6) is -0.264. The van der Waals surface area contributed by atoms with E-state index in [1.54, 1.807) is 0 Å². The predicted molar refractivity (Wildman–Crippen MR) is 145 cm³/mol. The lowest BCUT2D eigenvalue weighted by molar-refractivity contribution is -0.126. The van der Waals surface area contributed by atoms with Crippen molar-refractivity contribution in [2.24, 2.45) is 5.92 Å². The molecule has 0 bridgehead atoms. The summed E-state index contributed by atoms with van der Waals surface area (Å²) in [7, 11) is 0. The number of halogens is 1. The molecule has 4 heterocycles. The summed E-state index contributed by atoms with van der Waals surface area (Å²) >= 11 is 0. The lowest BCUT2D eigenvalue weighted by Gasteiger charge is -2.31. The van der Waals surface area contributed by atoms with Crippen LogP contribution in [0.15, 0.2) is 30.7 Å². The van der Waals surface area contributed by atoms with Gasteiger partial charge in [-0.2, -0.15) is 0 Å². The quantitative estimate of drug-likeness (QED) is 0.297. The monoisotopic (exact) mass is 535 g/mol. The van der Waals surface area contributed by atoms with Gasteiger partial charge >= 0.3 is 0 Å². The third-order valence-corrected chi connectivity index (χ3v) is 7.75. The maximum atomic E-state index is 14.1. The fraction of sp³-hybridized carbons (Fsp3) is 0.519. The maximum absolute atomic E-state index is 14.1. The van der Waals surface area contributed by atoms with Crippen molar-refractivity contribution < 1.29 is 14.0 Å². The molecule has 3 fully saturated rings. The Kier molecular flexibility index (Phi) is 7.27. The largest absolute Gasteiger partial charge is 0.379 e. The van der Waals surface area contributed by atoms with Gasteiger partial charge < -0.3 is 26.6 Å². The van der Waals surface area contributed by atoms with Gasteiger partial charge in [-0.3, -0.25) is 14.6 Å². The molecule has 0 radical (unpaired) electrons. The van der Waals surface area contributed by atoms with E-state index >= 15 is 0 Å². The minimum Gasteiger partial charge on any atom is -0.379 e. The van der Waals surface area contributed by atoms with Crippen LogP contribution < -0.4 is 26.6 Å². The van der Waals surface area contributed by atoms with Crippen molar-refractivity contribution >= 4 is 34.7 Å². The van der Waals surface area contributed by atoms with Crippen molar-refractivity contribution in [3.63, 3.8) is 0 Å². The molecule has 5 N–H and O–H groups in total. The molecule has 1 atom stereocenters. The Hall–Kier alpha value is -3.80. The van der Waals surface area contributed by atoms with Crippen LogP contribution in [0.5, 0.6) is 0 Å². The van der Waals surface area contributed by atoms with Gasteiger partial charge in [0, 0.05) is 36.9 Å². The summed E-state index contributed by atoms with van der Waals surface area (Å²) in [6.07, 6.45) is 11.7. The first-order valence-electron chi connectivity index (χ1n) is 13.9.